The molecule has 2 bridgehead atoms. The van der Waals surface area contributed by atoms with Crippen LogP contribution in [-0.4, -0.2) is 76.5 Å². The Labute approximate surface area is 249 Å². The van der Waals surface area contributed by atoms with E-state index in [1.165, 1.54) is 18.9 Å². The van der Waals surface area contributed by atoms with Gasteiger partial charge in [0.1, 0.15) is 29.7 Å². The number of carbonyl (C=O) groups is 3. The second-order valence-corrected chi connectivity index (χ2v) is 13.2. The molecule has 1 saturated heterocycles. The fraction of sp³-hybridized carbons (Fsp3) is 0.645. The Bertz CT molecular complexity index is 1410. The quantitative estimate of drug-likeness (QED) is 0.525. The Hall–Kier alpha value is -3.57. The van der Waals surface area contributed by atoms with Crippen LogP contribution in [0.1, 0.15) is 66.0 Å². The molecule has 234 valence electrons. The Morgan fingerprint density at radius 1 is 1.12 bits per heavy atom. The molecule has 0 radical (unpaired) electrons. The van der Waals surface area contributed by atoms with Gasteiger partial charge < -0.3 is 24.4 Å². The van der Waals surface area contributed by atoms with Crippen molar-refractivity contribution in [1.29, 1.82) is 0 Å². The zero-order chi connectivity index (χ0) is 31.3. The normalized spacial score (nSPS) is 29.7. The highest BCUT2D eigenvalue weighted by molar-refractivity contribution is 5.92. The van der Waals surface area contributed by atoms with Gasteiger partial charge in [-0.25, -0.2) is 23.5 Å². The predicted molar refractivity (Wildman–Crippen MR) is 153 cm³/mol. The Morgan fingerprint density at radius 2 is 1.86 bits per heavy atom. The number of rotatable bonds is 2. The van der Waals surface area contributed by atoms with Gasteiger partial charge in [-0.2, -0.15) is 0 Å². The molecule has 1 saturated carbocycles. The standard InChI is InChI=1S/C31H40F2N4O6/c1-16-24-15-37(25(16)17(2)38)28(39)26(30(3,4)5)36-29(40)43-23-13-18(23)9-11-31(32,33)12-10-21-27(42-24)35-22-14-19(41-6)7-8-20(22)34-21/h7-8,14,16,18,23-26H,9-13,15H2,1-6H3,(H,36,40)/t16-,18-,23-,24+,25+,26-/m1/s1. The van der Waals surface area contributed by atoms with Crippen molar-refractivity contribution < 1.29 is 37.4 Å². The van der Waals surface area contributed by atoms with Crippen LogP contribution in [0.25, 0.3) is 11.0 Å². The van der Waals surface area contributed by atoms with Crippen molar-refractivity contribution in [1.82, 2.24) is 20.2 Å². The average Bonchev–Trinajstić information content (AvgIpc) is 3.59. The number of aromatic nitrogens is 2. The first-order chi connectivity index (χ1) is 20.2. The number of ether oxygens (including phenoxy) is 3. The van der Waals surface area contributed by atoms with E-state index in [0.29, 0.717) is 23.2 Å². The molecule has 10 nitrogen and oxygen atoms in total. The number of nitrogens with zero attached hydrogens (tertiary/aromatic N) is 3. The molecule has 1 aromatic heterocycles. The number of amides is 2. The summed E-state index contributed by atoms with van der Waals surface area (Å²) in [4.78, 5) is 50.5. The molecule has 1 N–H and O–H groups in total. The first-order valence-corrected chi connectivity index (χ1v) is 14.8. The summed E-state index contributed by atoms with van der Waals surface area (Å²) in [6.45, 7) is 8.68. The summed E-state index contributed by atoms with van der Waals surface area (Å²) in [5, 5.41) is 2.70. The number of hydrogen-bond donors (Lipinski definition) is 1. The van der Waals surface area contributed by atoms with Gasteiger partial charge in [-0.15, -0.1) is 0 Å². The summed E-state index contributed by atoms with van der Waals surface area (Å²) in [5.41, 5.74) is 0.529. The van der Waals surface area contributed by atoms with Crippen molar-refractivity contribution >= 4 is 28.8 Å². The highest BCUT2D eigenvalue weighted by atomic mass is 19.3. The first kappa shape index (κ1) is 30.9. The molecule has 6 atom stereocenters. The summed E-state index contributed by atoms with van der Waals surface area (Å²) in [7, 11) is 1.53. The zero-order valence-corrected chi connectivity index (χ0v) is 25.5. The van der Waals surface area contributed by atoms with E-state index < -0.39 is 60.0 Å². The van der Waals surface area contributed by atoms with Crippen molar-refractivity contribution in [3.05, 3.63) is 23.9 Å². The monoisotopic (exact) mass is 602 g/mol. The lowest BCUT2D eigenvalue weighted by Crippen LogP contribution is -2.57. The van der Waals surface area contributed by atoms with Gasteiger partial charge in [0, 0.05) is 31.2 Å². The summed E-state index contributed by atoms with van der Waals surface area (Å²) >= 11 is 0. The third-order valence-corrected chi connectivity index (χ3v) is 8.77. The third kappa shape index (κ3) is 6.67. The number of benzene rings is 1. The molecule has 5 rings (SSSR count). The fourth-order valence-corrected chi connectivity index (χ4v) is 6.10. The van der Waals surface area contributed by atoms with Crippen LogP contribution in [0, 0.1) is 17.3 Å². The van der Waals surface area contributed by atoms with E-state index in [9.17, 15) is 14.4 Å². The minimum Gasteiger partial charge on any atom is -0.497 e. The maximum absolute atomic E-state index is 15.1. The van der Waals surface area contributed by atoms with Crippen molar-refractivity contribution in [2.24, 2.45) is 17.3 Å². The Kier molecular flexibility index (Phi) is 8.26. The minimum atomic E-state index is -2.98. The molecule has 3 heterocycles. The molecule has 0 unspecified atom stereocenters. The predicted octanol–water partition coefficient (Wildman–Crippen LogP) is 4.71. The van der Waals surface area contributed by atoms with Gasteiger partial charge in [-0.1, -0.05) is 27.7 Å². The Morgan fingerprint density at radius 3 is 2.53 bits per heavy atom. The number of alkyl halides is 2. The maximum Gasteiger partial charge on any atom is 0.408 e. The SMILES string of the molecule is COc1ccc2nc3c(nc2c1)O[C@H]1CN(C(=O)[C@H](C(C)(C)C)NC(=O)O[C@@H]2C[C@H]2CCC(F)(F)CC3)[C@H](C(C)=O)[C@@H]1C. The van der Waals surface area contributed by atoms with Gasteiger partial charge in [0.15, 0.2) is 5.78 Å². The topological polar surface area (TPSA) is 120 Å². The molecule has 2 fully saturated rings. The minimum absolute atomic E-state index is 0.0334. The number of aryl methyl sites for hydroxylation is 1. The number of halogens is 2. The maximum atomic E-state index is 15.1. The molecular weight excluding hydrogens is 562 g/mol. The van der Waals surface area contributed by atoms with Crippen LogP contribution in [0.2, 0.25) is 0 Å². The molecule has 1 aliphatic carbocycles. The lowest BCUT2D eigenvalue weighted by Gasteiger charge is -2.35. The largest absolute Gasteiger partial charge is 0.497 e. The molecule has 1 aromatic carbocycles. The van der Waals surface area contributed by atoms with Gasteiger partial charge in [-0.05, 0) is 43.2 Å². The lowest BCUT2D eigenvalue weighted by atomic mass is 9.85. The van der Waals surface area contributed by atoms with Crippen LogP contribution >= 0.6 is 0 Å². The fourth-order valence-electron chi connectivity index (χ4n) is 6.10. The number of methoxy groups -OCH3 is 1. The summed E-state index contributed by atoms with van der Waals surface area (Å²) in [6, 6.07) is 3.29. The number of alkyl carbamates (subject to hydrolysis) is 1. The number of nitrogens with one attached hydrogen (secondary N) is 1. The highest BCUT2D eigenvalue weighted by Crippen LogP contribution is 2.42. The molecule has 12 heteroatoms. The van der Waals surface area contributed by atoms with Crippen molar-refractivity contribution in [2.45, 2.75) is 96.9 Å². The summed E-state index contributed by atoms with van der Waals surface area (Å²) < 4.78 is 47.4. The zero-order valence-electron chi connectivity index (χ0n) is 25.5. The highest BCUT2D eigenvalue weighted by Gasteiger charge is 2.50. The molecule has 2 aliphatic heterocycles. The van der Waals surface area contributed by atoms with Crippen molar-refractivity contribution in [3.8, 4) is 11.6 Å². The van der Waals surface area contributed by atoms with Crippen LogP contribution in [0.15, 0.2) is 18.2 Å². The smallest absolute Gasteiger partial charge is 0.408 e. The number of ketones is 1. The third-order valence-electron chi connectivity index (χ3n) is 8.77. The number of Topliss-reactive ketones (excluding diaryl/α,β-unsaturated/α-hetero) is 1. The van der Waals surface area contributed by atoms with Gasteiger partial charge in [0.05, 0.1) is 30.7 Å². The molecular formula is C31H40F2N4O6. The van der Waals surface area contributed by atoms with E-state index in [2.05, 4.69) is 15.3 Å². The molecule has 2 aromatic rings. The van der Waals surface area contributed by atoms with Crippen LogP contribution < -0.4 is 14.8 Å². The van der Waals surface area contributed by atoms with E-state index in [1.807, 2.05) is 20.8 Å². The second-order valence-electron chi connectivity index (χ2n) is 13.2. The second kappa shape index (κ2) is 11.5. The van der Waals surface area contributed by atoms with Crippen LogP contribution in [0.4, 0.5) is 13.6 Å². The van der Waals surface area contributed by atoms with E-state index in [-0.39, 0.29) is 49.1 Å². The van der Waals surface area contributed by atoms with Crippen molar-refractivity contribution in [2.75, 3.05) is 13.7 Å². The molecule has 2 amide bonds. The average molecular weight is 603 g/mol. The van der Waals surface area contributed by atoms with E-state index in [4.69, 9.17) is 14.2 Å². The summed E-state index contributed by atoms with van der Waals surface area (Å²) in [6.07, 6.45) is -2.16. The van der Waals surface area contributed by atoms with Gasteiger partial charge in [-0.3, -0.25) is 9.59 Å². The van der Waals surface area contributed by atoms with Crippen LogP contribution in [0.3, 0.4) is 0 Å². The molecule has 43 heavy (non-hydrogen) atoms. The van der Waals surface area contributed by atoms with Crippen molar-refractivity contribution in [3.63, 3.8) is 0 Å². The Balaban J connectivity index is 1.55. The number of carbonyl (C=O) groups excluding carboxylic acids is 3. The molecule has 3 aliphatic rings. The van der Waals surface area contributed by atoms with E-state index in [1.54, 1.807) is 25.1 Å². The molecule has 0 spiro atoms. The number of fused-ring (bicyclic) bond motifs is 5. The van der Waals surface area contributed by atoms with Gasteiger partial charge in [0.2, 0.25) is 17.7 Å². The van der Waals surface area contributed by atoms with E-state index >= 15 is 8.78 Å². The van der Waals surface area contributed by atoms with E-state index in [0.717, 1.165) is 0 Å². The van der Waals surface area contributed by atoms with Gasteiger partial charge in [0.25, 0.3) is 0 Å². The summed E-state index contributed by atoms with van der Waals surface area (Å²) in [5.74, 6) is -3.63. The number of hydrogen-bond acceptors (Lipinski definition) is 8. The van der Waals surface area contributed by atoms with Gasteiger partial charge >= 0.3 is 6.09 Å². The first-order valence-electron chi connectivity index (χ1n) is 14.8. The van der Waals surface area contributed by atoms with Crippen LogP contribution in [0.5, 0.6) is 11.6 Å². The van der Waals surface area contributed by atoms with Crippen LogP contribution in [-0.2, 0) is 20.7 Å². The lowest BCUT2D eigenvalue weighted by molar-refractivity contribution is -0.141.